The molecule has 0 radical (unpaired) electrons. The van der Waals surface area contributed by atoms with Gasteiger partial charge in [-0.05, 0) is 31.8 Å². The number of hydrogen-bond donors (Lipinski definition) is 0. The maximum Gasteiger partial charge on any atom is -0.0135 e. The molecule has 0 aliphatic heterocycles. The second kappa shape index (κ2) is 19.6. The second-order valence-corrected chi connectivity index (χ2v) is 4.36. The van der Waals surface area contributed by atoms with Crippen LogP contribution in [0.15, 0.2) is 35.5 Å². The van der Waals surface area contributed by atoms with E-state index in [9.17, 15) is 0 Å². The minimum atomic E-state index is 0. The van der Waals surface area contributed by atoms with Gasteiger partial charge >= 0.3 is 0 Å². The fraction of sp³-hybridized carbons (Fsp3) is 0.684. The van der Waals surface area contributed by atoms with Crippen LogP contribution in [0.3, 0.4) is 0 Å². The van der Waals surface area contributed by atoms with Gasteiger partial charge < -0.3 is 0 Å². The molecule has 0 saturated heterocycles. The van der Waals surface area contributed by atoms with Crippen LogP contribution in [0, 0.1) is 5.41 Å². The van der Waals surface area contributed by atoms with Crippen molar-refractivity contribution in [3.05, 3.63) is 35.5 Å². The molecule has 0 aliphatic carbocycles. The summed E-state index contributed by atoms with van der Waals surface area (Å²) in [6.45, 7) is 17.0. The van der Waals surface area contributed by atoms with E-state index in [0.717, 1.165) is 0 Å². The summed E-state index contributed by atoms with van der Waals surface area (Å²) in [5.41, 5.74) is 2.94. The Labute approximate surface area is 126 Å². The molecule has 19 heavy (non-hydrogen) atoms. The van der Waals surface area contributed by atoms with Crippen molar-refractivity contribution in [1.29, 1.82) is 0 Å². The van der Waals surface area contributed by atoms with Crippen LogP contribution in [0.5, 0.6) is 0 Å². The summed E-state index contributed by atoms with van der Waals surface area (Å²) in [5.74, 6) is 0. The van der Waals surface area contributed by atoms with Gasteiger partial charge in [0.2, 0.25) is 0 Å². The van der Waals surface area contributed by atoms with Crippen molar-refractivity contribution in [3.8, 4) is 0 Å². The van der Waals surface area contributed by atoms with E-state index < -0.39 is 0 Å². The molecule has 0 unspecified atom stereocenters. The number of allylic oxidation sites excluding steroid dienone is 6. The van der Waals surface area contributed by atoms with Gasteiger partial charge in [-0.2, -0.15) is 0 Å². The molecule has 0 atom stereocenters. The molecule has 0 aromatic heterocycles. The molecular formula is C19H44. The summed E-state index contributed by atoms with van der Waals surface area (Å²) in [5, 5.41) is 0. The maximum atomic E-state index is 2.23. The van der Waals surface area contributed by atoms with Gasteiger partial charge in [-0.25, -0.2) is 0 Å². The van der Waals surface area contributed by atoms with Gasteiger partial charge in [0.1, 0.15) is 0 Å². The van der Waals surface area contributed by atoms with Crippen molar-refractivity contribution in [1.82, 2.24) is 0 Å². The highest BCUT2D eigenvalue weighted by Gasteiger charge is 2.12. The van der Waals surface area contributed by atoms with Crippen LogP contribution in [0.4, 0.5) is 0 Å². The lowest BCUT2D eigenvalue weighted by Crippen LogP contribution is -2.06. The van der Waals surface area contributed by atoms with Gasteiger partial charge in [-0.3, -0.25) is 0 Å². The van der Waals surface area contributed by atoms with Crippen LogP contribution in [0.1, 0.15) is 85.1 Å². The van der Waals surface area contributed by atoms with Gasteiger partial charge in [-0.1, -0.05) is 94.2 Å². The van der Waals surface area contributed by atoms with Crippen molar-refractivity contribution in [3.63, 3.8) is 0 Å². The summed E-state index contributed by atoms with van der Waals surface area (Å²) in [6.07, 6.45) is 8.67. The molecule has 0 N–H and O–H groups in total. The van der Waals surface area contributed by atoms with Crippen LogP contribution in [0.2, 0.25) is 0 Å². The fourth-order valence-electron chi connectivity index (χ4n) is 1.10. The Bertz CT molecular complexity index is 231. The standard InChI is InChI=1S/C13H22.C2H6.4CH4/c1-7-11(3)9-10-12(8-2)13(4,5)6;1-2;;;;/h7-10H,1-6H3;1-2H3;4*1H4/b10-9+,11-7+,12-8-;;;;;. The quantitative estimate of drug-likeness (QED) is 0.446. The summed E-state index contributed by atoms with van der Waals surface area (Å²) in [7, 11) is 0. The highest BCUT2D eigenvalue weighted by molar-refractivity contribution is 5.29. The number of hydrogen-bond acceptors (Lipinski definition) is 0. The van der Waals surface area contributed by atoms with Crippen molar-refractivity contribution in [2.24, 2.45) is 5.41 Å². The smallest absolute Gasteiger partial charge is 0.0135 e. The SMILES string of the molecule is C.C.C.C.C/C=C(/C=C/C(C)=C/C)C(C)(C)C.CC. The van der Waals surface area contributed by atoms with E-state index >= 15 is 0 Å². The predicted octanol–water partition coefficient (Wildman–Crippen LogP) is 8.07. The van der Waals surface area contributed by atoms with Crippen LogP contribution < -0.4 is 0 Å². The zero-order chi connectivity index (χ0) is 12.5. The van der Waals surface area contributed by atoms with Gasteiger partial charge in [0.25, 0.3) is 0 Å². The van der Waals surface area contributed by atoms with E-state index in [4.69, 9.17) is 0 Å². The van der Waals surface area contributed by atoms with Gasteiger partial charge in [0.15, 0.2) is 0 Å². The third-order valence-electron chi connectivity index (χ3n) is 2.16. The molecule has 0 amide bonds. The fourth-order valence-corrected chi connectivity index (χ4v) is 1.10. The summed E-state index contributed by atoms with van der Waals surface area (Å²) < 4.78 is 0. The lowest BCUT2D eigenvalue weighted by atomic mass is 9.86. The van der Waals surface area contributed by atoms with Crippen LogP contribution in [0.25, 0.3) is 0 Å². The zero-order valence-electron chi connectivity index (χ0n) is 11.8. The molecule has 0 rings (SSSR count). The Morgan fingerprint density at radius 1 is 0.737 bits per heavy atom. The molecule has 0 aromatic rings. The first kappa shape index (κ1) is 36.2. The second-order valence-electron chi connectivity index (χ2n) is 4.36. The van der Waals surface area contributed by atoms with Crippen LogP contribution in [-0.4, -0.2) is 0 Å². The first-order valence-electron chi connectivity index (χ1n) is 5.89. The highest BCUT2D eigenvalue weighted by atomic mass is 14.2. The highest BCUT2D eigenvalue weighted by Crippen LogP contribution is 2.26. The minimum absolute atomic E-state index is 0. The molecule has 0 heteroatoms. The Morgan fingerprint density at radius 2 is 1.11 bits per heavy atom. The molecule has 0 spiro atoms. The van der Waals surface area contributed by atoms with Crippen molar-refractivity contribution < 1.29 is 0 Å². The van der Waals surface area contributed by atoms with E-state index in [2.05, 4.69) is 65.8 Å². The first-order chi connectivity index (χ1) is 6.91. The van der Waals surface area contributed by atoms with Crippen molar-refractivity contribution in [2.75, 3.05) is 0 Å². The van der Waals surface area contributed by atoms with Crippen molar-refractivity contribution in [2.45, 2.75) is 85.1 Å². The Morgan fingerprint density at radius 3 is 1.32 bits per heavy atom. The molecule has 0 bridgehead atoms. The third-order valence-corrected chi connectivity index (χ3v) is 2.16. The zero-order valence-corrected chi connectivity index (χ0v) is 11.8. The van der Waals surface area contributed by atoms with Crippen molar-refractivity contribution >= 4 is 0 Å². The summed E-state index contributed by atoms with van der Waals surface area (Å²) in [4.78, 5) is 0. The maximum absolute atomic E-state index is 2.23. The normalized spacial score (nSPS) is 10.9. The molecule has 0 fully saturated rings. The minimum Gasteiger partial charge on any atom is -0.0847 e. The molecule has 0 aromatic carbocycles. The Balaban J connectivity index is -0.0000000669. The molecule has 0 aliphatic rings. The average molecular weight is 273 g/mol. The largest absolute Gasteiger partial charge is 0.0847 e. The van der Waals surface area contributed by atoms with E-state index in [1.54, 1.807) is 0 Å². The number of rotatable bonds is 2. The molecule has 0 heterocycles. The summed E-state index contributed by atoms with van der Waals surface area (Å²) in [6, 6.07) is 0. The lowest BCUT2D eigenvalue weighted by Gasteiger charge is -2.19. The molecular weight excluding hydrogens is 228 g/mol. The molecule has 0 saturated carbocycles. The Hall–Kier alpha value is -0.780. The van der Waals surface area contributed by atoms with E-state index in [1.807, 2.05) is 13.8 Å². The lowest BCUT2D eigenvalue weighted by molar-refractivity contribution is 0.516. The average Bonchev–Trinajstić information content (AvgIpc) is 2.19. The van der Waals surface area contributed by atoms with E-state index in [0.29, 0.717) is 0 Å². The van der Waals surface area contributed by atoms with E-state index in [1.165, 1.54) is 11.1 Å². The monoisotopic (exact) mass is 272 g/mol. The van der Waals surface area contributed by atoms with Gasteiger partial charge in [0.05, 0.1) is 0 Å². The van der Waals surface area contributed by atoms with E-state index in [-0.39, 0.29) is 35.1 Å². The Kier molecular flexibility index (Phi) is 37.2. The van der Waals surface area contributed by atoms with Gasteiger partial charge in [-0.15, -0.1) is 0 Å². The van der Waals surface area contributed by atoms with Crippen LogP contribution in [-0.2, 0) is 0 Å². The summed E-state index contributed by atoms with van der Waals surface area (Å²) >= 11 is 0. The molecule has 120 valence electrons. The molecule has 0 nitrogen and oxygen atoms in total. The topological polar surface area (TPSA) is 0 Å². The predicted molar refractivity (Wildman–Crippen MR) is 100 cm³/mol. The van der Waals surface area contributed by atoms with Gasteiger partial charge in [0, 0.05) is 0 Å². The third kappa shape index (κ3) is 19.7. The first-order valence-corrected chi connectivity index (χ1v) is 5.89. The van der Waals surface area contributed by atoms with Crippen LogP contribution >= 0.6 is 0 Å².